The Bertz CT molecular complexity index is 532. The van der Waals surface area contributed by atoms with Gasteiger partial charge in [-0.25, -0.2) is 4.79 Å². The molecule has 0 bridgehead atoms. The number of amides is 1. The fraction of sp³-hybridized carbons (Fsp3) is 0. The molecule has 5 nitrogen and oxygen atoms in total. The topological polar surface area (TPSA) is 90.2 Å². The summed E-state index contributed by atoms with van der Waals surface area (Å²) in [5, 5.41) is 19.6. The maximum absolute atomic E-state index is 11.2. The van der Waals surface area contributed by atoms with Crippen LogP contribution in [0.15, 0.2) is 30.4 Å². The van der Waals surface area contributed by atoms with Crippen molar-refractivity contribution in [3.8, 4) is 6.07 Å². The molecule has 2 N–H and O–H groups in total. The van der Waals surface area contributed by atoms with Crippen LogP contribution in [0.1, 0.15) is 5.56 Å². The summed E-state index contributed by atoms with van der Waals surface area (Å²) in [6, 6.07) is 6.24. The summed E-state index contributed by atoms with van der Waals surface area (Å²) in [6.45, 7) is 0. The number of carbonyl (C=O) groups is 2. The van der Waals surface area contributed by atoms with E-state index in [1.807, 2.05) is 6.07 Å². The molecule has 0 saturated heterocycles. The Hall–Kier alpha value is -2.32. The molecule has 86 valence electrons. The van der Waals surface area contributed by atoms with Gasteiger partial charge in [0.05, 0.1) is 10.6 Å². The highest BCUT2D eigenvalue weighted by Crippen LogP contribution is 2.20. The predicted molar refractivity (Wildman–Crippen MR) is 61.6 cm³/mol. The number of anilines is 1. The third-order valence-corrected chi connectivity index (χ3v) is 2.05. The molecule has 0 fully saturated rings. The summed E-state index contributed by atoms with van der Waals surface area (Å²) in [5.41, 5.74) is 0.680. The van der Waals surface area contributed by atoms with Crippen molar-refractivity contribution < 1.29 is 14.7 Å². The molecular weight excluding hydrogens is 244 g/mol. The third kappa shape index (κ3) is 3.97. The van der Waals surface area contributed by atoms with Crippen LogP contribution in [-0.4, -0.2) is 17.0 Å². The van der Waals surface area contributed by atoms with Gasteiger partial charge in [0.15, 0.2) is 0 Å². The average molecular weight is 251 g/mol. The van der Waals surface area contributed by atoms with Crippen molar-refractivity contribution in [2.24, 2.45) is 0 Å². The summed E-state index contributed by atoms with van der Waals surface area (Å²) in [5.74, 6) is -1.80. The highest BCUT2D eigenvalue weighted by Gasteiger charge is 2.03. The van der Waals surface area contributed by atoms with E-state index in [1.54, 1.807) is 0 Å². The van der Waals surface area contributed by atoms with E-state index in [9.17, 15) is 9.59 Å². The number of nitriles is 1. The monoisotopic (exact) mass is 250 g/mol. The lowest BCUT2D eigenvalue weighted by Gasteiger charge is -2.03. The van der Waals surface area contributed by atoms with Gasteiger partial charge in [0.25, 0.3) is 0 Å². The molecule has 0 saturated carbocycles. The van der Waals surface area contributed by atoms with Crippen molar-refractivity contribution in [2.45, 2.75) is 0 Å². The van der Waals surface area contributed by atoms with Crippen LogP contribution in [0.3, 0.4) is 0 Å². The molecule has 1 rings (SSSR count). The summed E-state index contributed by atoms with van der Waals surface area (Å²) in [4.78, 5) is 21.4. The van der Waals surface area contributed by atoms with E-state index in [-0.39, 0.29) is 5.02 Å². The number of rotatable bonds is 3. The second-order valence-electron chi connectivity index (χ2n) is 2.97. The Kier molecular flexibility index (Phi) is 4.26. The molecule has 1 amide bonds. The molecule has 0 aromatic heterocycles. The van der Waals surface area contributed by atoms with E-state index >= 15 is 0 Å². The van der Waals surface area contributed by atoms with Gasteiger partial charge < -0.3 is 10.4 Å². The van der Waals surface area contributed by atoms with Crippen LogP contribution < -0.4 is 5.32 Å². The van der Waals surface area contributed by atoms with E-state index in [4.69, 9.17) is 22.0 Å². The molecule has 0 heterocycles. The normalized spacial score (nSPS) is 9.88. The SMILES string of the molecule is N#Cc1ccc(NC(=O)/C=C/C(=O)O)cc1Cl. The minimum atomic E-state index is -1.21. The van der Waals surface area contributed by atoms with Crippen molar-refractivity contribution in [3.05, 3.63) is 40.9 Å². The fourth-order valence-corrected chi connectivity index (χ4v) is 1.24. The van der Waals surface area contributed by atoms with Crippen molar-refractivity contribution in [1.29, 1.82) is 5.26 Å². The maximum Gasteiger partial charge on any atom is 0.328 e. The number of carboxylic acid groups (broad SMARTS) is 1. The van der Waals surface area contributed by atoms with Crippen LogP contribution in [0.2, 0.25) is 5.02 Å². The number of nitrogens with one attached hydrogen (secondary N) is 1. The standard InChI is InChI=1S/C11H7ClN2O3/c12-9-5-8(2-1-7(9)6-13)14-10(15)3-4-11(16)17/h1-5H,(H,14,15)(H,16,17)/b4-3+. The number of benzene rings is 1. The van der Waals surface area contributed by atoms with Gasteiger partial charge in [0.1, 0.15) is 6.07 Å². The maximum atomic E-state index is 11.2. The number of halogens is 1. The second kappa shape index (κ2) is 5.68. The number of nitrogens with zero attached hydrogens (tertiary/aromatic N) is 1. The highest BCUT2D eigenvalue weighted by atomic mass is 35.5. The second-order valence-corrected chi connectivity index (χ2v) is 3.37. The smallest absolute Gasteiger partial charge is 0.328 e. The first-order chi connectivity index (χ1) is 8.02. The Balaban J connectivity index is 2.77. The zero-order valence-electron chi connectivity index (χ0n) is 8.48. The molecule has 0 aliphatic rings. The molecule has 0 radical (unpaired) electrons. The summed E-state index contributed by atoms with van der Waals surface area (Å²) in [7, 11) is 0. The molecule has 17 heavy (non-hydrogen) atoms. The van der Waals surface area contributed by atoms with Gasteiger partial charge in [-0.1, -0.05) is 11.6 Å². The van der Waals surface area contributed by atoms with Gasteiger partial charge in [-0.3, -0.25) is 4.79 Å². The van der Waals surface area contributed by atoms with E-state index < -0.39 is 11.9 Å². The van der Waals surface area contributed by atoms with Crippen molar-refractivity contribution >= 4 is 29.2 Å². The van der Waals surface area contributed by atoms with Crippen LogP contribution in [0.25, 0.3) is 0 Å². The number of carbonyl (C=O) groups excluding carboxylic acids is 1. The first-order valence-corrected chi connectivity index (χ1v) is 4.82. The Labute approximate surface area is 102 Å². The van der Waals surface area contributed by atoms with Crippen LogP contribution in [0, 0.1) is 11.3 Å². The van der Waals surface area contributed by atoms with Gasteiger partial charge in [0, 0.05) is 17.8 Å². The van der Waals surface area contributed by atoms with E-state index in [1.165, 1.54) is 18.2 Å². The zero-order chi connectivity index (χ0) is 12.8. The summed E-state index contributed by atoms with van der Waals surface area (Å²) >= 11 is 5.75. The molecule has 0 unspecified atom stereocenters. The van der Waals surface area contributed by atoms with E-state index in [0.717, 1.165) is 12.2 Å². The summed E-state index contributed by atoms with van der Waals surface area (Å²) < 4.78 is 0. The first kappa shape index (κ1) is 12.7. The fourth-order valence-electron chi connectivity index (χ4n) is 1.01. The van der Waals surface area contributed by atoms with E-state index in [0.29, 0.717) is 11.3 Å². The van der Waals surface area contributed by atoms with E-state index in [2.05, 4.69) is 5.32 Å². The number of hydrogen-bond acceptors (Lipinski definition) is 3. The predicted octanol–water partition coefficient (Wildman–Crippen LogP) is 1.79. The number of aliphatic carboxylic acids is 1. The van der Waals surface area contributed by atoms with Crippen LogP contribution in [-0.2, 0) is 9.59 Å². The molecule has 1 aromatic carbocycles. The molecule has 0 aliphatic heterocycles. The van der Waals surface area contributed by atoms with Crippen molar-refractivity contribution in [3.63, 3.8) is 0 Å². The summed E-state index contributed by atoms with van der Waals surface area (Å²) in [6.07, 6.45) is 1.61. The van der Waals surface area contributed by atoms with Crippen LogP contribution in [0.5, 0.6) is 0 Å². The van der Waals surface area contributed by atoms with Crippen LogP contribution in [0.4, 0.5) is 5.69 Å². The van der Waals surface area contributed by atoms with Gasteiger partial charge in [-0.05, 0) is 18.2 Å². The molecule has 0 atom stereocenters. The van der Waals surface area contributed by atoms with Gasteiger partial charge in [0.2, 0.25) is 5.91 Å². The molecule has 6 heteroatoms. The Morgan fingerprint density at radius 2 is 2.12 bits per heavy atom. The van der Waals surface area contributed by atoms with Crippen molar-refractivity contribution in [1.82, 2.24) is 0 Å². The largest absolute Gasteiger partial charge is 0.478 e. The molecule has 0 spiro atoms. The Morgan fingerprint density at radius 3 is 2.65 bits per heavy atom. The first-order valence-electron chi connectivity index (χ1n) is 4.44. The highest BCUT2D eigenvalue weighted by molar-refractivity contribution is 6.32. The lowest BCUT2D eigenvalue weighted by molar-refractivity contribution is -0.131. The molecular formula is C11H7ClN2O3. The zero-order valence-corrected chi connectivity index (χ0v) is 9.23. The molecule has 0 aliphatic carbocycles. The van der Waals surface area contributed by atoms with Crippen molar-refractivity contribution in [2.75, 3.05) is 5.32 Å². The quantitative estimate of drug-likeness (QED) is 0.800. The average Bonchev–Trinajstić information content (AvgIpc) is 2.26. The van der Waals surface area contributed by atoms with Gasteiger partial charge in [-0.15, -0.1) is 0 Å². The lowest BCUT2D eigenvalue weighted by Crippen LogP contribution is -2.08. The minimum absolute atomic E-state index is 0.215. The third-order valence-electron chi connectivity index (χ3n) is 1.73. The molecule has 1 aromatic rings. The van der Waals surface area contributed by atoms with Gasteiger partial charge in [-0.2, -0.15) is 5.26 Å². The van der Waals surface area contributed by atoms with Crippen LogP contribution >= 0.6 is 11.6 Å². The number of carboxylic acids is 1. The van der Waals surface area contributed by atoms with Gasteiger partial charge >= 0.3 is 5.97 Å². The number of hydrogen-bond donors (Lipinski definition) is 2. The Morgan fingerprint density at radius 1 is 1.41 bits per heavy atom. The minimum Gasteiger partial charge on any atom is -0.478 e. The lowest BCUT2D eigenvalue weighted by atomic mass is 10.2.